The predicted molar refractivity (Wildman–Crippen MR) is 110 cm³/mol. The summed E-state index contributed by atoms with van der Waals surface area (Å²) in [6, 6.07) is 20.4. The van der Waals surface area contributed by atoms with E-state index in [9.17, 15) is 9.59 Å². The van der Waals surface area contributed by atoms with Crippen LogP contribution in [0.15, 0.2) is 66.7 Å². The number of benzene rings is 3. The molecule has 0 fully saturated rings. The molecule has 1 atom stereocenters. The van der Waals surface area contributed by atoms with Gasteiger partial charge in [-0.25, -0.2) is 0 Å². The zero-order valence-electron chi connectivity index (χ0n) is 15.8. The van der Waals surface area contributed by atoms with E-state index in [1.807, 2.05) is 75.4 Å². The first-order valence-corrected chi connectivity index (χ1v) is 9.11. The Morgan fingerprint density at radius 1 is 0.852 bits per heavy atom. The van der Waals surface area contributed by atoms with Crippen LogP contribution in [0.4, 0.5) is 5.69 Å². The summed E-state index contributed by atoms with van der Waals surface area (Å²) in [7, 11) is 0. The molecule has 2 amide bonds. The second-order valence-corrected chi connectivity index (χ2v) is 7.11. The van der Waals surface area contributed by atoms with Crippen molar-refractivity contribution in [3.8, 4) is 0 Å². The fourth-order valence-corrected chi connectivity index (χ4v) is 2.95. The first-order chi connectivity index (χ1) is 12.9. The van der Waals surface area contributed by atoms with Gasteiger partial charge in [0, 0.05) is 11.3 Å². The molecule has 4 nitrogen and oxygen atoms in total. The number of carbonyl (C=O) groups is 2. The molecule has 4 heteroatoms. The van der Waals surface area contributed by atoms with Crippen molar-refractivity contribution >= 4 is 28.3 Å². The van der Waals surface area contributed by atoms with Crippen LogP contribution in [-0.2, 0) is 4.79 Å². The van der Waals surface area contributed by atoms with Gasteiger partial charge in [0.05, 0.1) is 0 Å². The molecule has 0 radical (unpaired) electrons. The van der Waals surface area contributed by atoms with E-state index in [4.69, 9.17) is 0 Å². The summed E-state index contributed by atoms with van der Waals surface area (Å²) in [6.45, 7) is 5.80. The van der Waals surface area contributed by atoms with Crippen molar-refractivity contribution in [1.82, 2.24) is 5.32 Å². The van der Waals surface area contributed by atoms with E-state index in [0.717, 1.165) is 16.3 Å². The highest BCUT2D eigenvalue weighted by Gasteiger charge is 2.24. The van der Waals surface area contributed by atoms with Crippen molar-refractivity contribution in [2.75, 3.05) is 5.32 Å². The van der Waals surface area contributed by atoms with E-state index in [-0.39, 0.29) is 17.7 Å². The zero-order valence-corrected chi connectivity index (χ0v) is 15.8. The summed E-state index contributed by atoms with van der Waals surface area (Å²) < 4.78 is 0. The minimum absolute atomic E-state index is 0.0418. The highest BCUT2D eigenvalue weighted by Crippen LogP contribution is 2.19. The van der Waals surface area contributed by atoms with Gasteiger partial charge in [-0.1, -0.05) is 61.9 Å². The standard InChI is InChI=1S/C23H24N2O2/c1-15(2)21(25-22(26)18-10-8-16(3)9-11-18)23(27)24-20-13-12-17-6-4-5-7-19(17)14-20/h4-15,21H,1-3H3,(H,24,27)(H,25,26)/t21-/m0/s1. The van der Waals surface area contributed by atoms with Crippen molar-refractivity contribution in [1.29, 1.82) is 0 Å². The minimum atomic E-state index is -0.620. The molecule has 0 aliphatic rings. The Morgan fingerprint density at radius 3 is 2.19 bits per heavy atom. The number of rotatable bonds is 5. The van der Waals surface area contributed by atoms with Crippen molar-refractivity contribution in [2.45, 2.75) is 26.8 Å². The zero-order chi connectivity index (χ0) is 19.4. The molecular weight excluding hydrogens is 336 g/mol. The highest BCUT2D eigenvalue weighted by atomic mass is 16.2. The van der Waals surface area contributed by atoms with Gasteiger partial charge in [-0.2, -0.15) is 0 Å². The van der Waals surface area contributed by atoms with Gasteiger partial charge in [0.1, 0.15) is 6.04 Å². The lowest BCUT2D eigenvalue weighted by Gasteiger charge is -2.22. The third-order valence-electron chi connectivity index (χ3n) is 4.57. The maximum atomic E-state index is 12.8. The Kier molecular flexibility index (Phi) is 5.55. The molecule has 0 heterocycles. The van der Waals surface area contributed by atoms with Gasteiger partial charge in [-0.15, -0.1) is 0 Å². The fourth-order valence-electron chi connectivity index (χ4n) is 2.95. The molecule has 0 aliphatic heterocycles. The number of aryl methyl sites for hydroxylation is 1. The number of carbonyl (C=O) groups excluding carboxylic acids is 2. The molecule has 0 bridgehead atoms. The quantitative estimate of drug-likeness (QED) is 0.702. The molecule has 138 valence electrons. The van der Waals surface area contributed by atoms with Gasteiger partial charge in [-0.05, 0) is 47.9 Å². The van der Waals surface area contributed by atoms with Crippen molar-refractivity contribution in [2.24, 2.45) is 5.92 Å². The Balaban J connectivity index is 1.74. The third-order valence-corrected chi connectivity index (χ3v) is 4.57. The molecule has 0 saturated heterocycles. The fraction of sp³-hybridized carbons (Fsp3) is 0.217. The Bertz CT molecular complexity index is 962. The lowest BCUT2D eigenvalue weighted by molar-refractivity contribution is -0.118. The predicted octanol–water partition coefficient (Wildman–Crippen LogP) is 4.54. The third kappa shape index (κ3) is 4.53. The average Bonchev–Trinajstić information content (AvgIpc) is 2.66. The smallest absolute Gasteiger partial charge is 0.251 e. The molecule has 0 spiro atoms. The van der Waals surface area contributed by atoms with E-state index < -0.39 is 6.04 Å². The van der Waals surface area contributed by atoms with Crippen molar-refractivity contribution < 1.29 is 9.59 Å². The topological polar surface area (TPSA) is 58.2 Å². The molecule has 3 aromatic carbocycles. The monoisotopic (exact) mass is 360 g/mol. The van der Waals surface area contributed by atoms with Gasteiger partial charge in [0.15, 0.2) is 0 Å². The summed E-state index contributed by atoms with van der Waals surface area (Å²) >= 11 is 0. The van der Waals surface area contributed by atoms with E-state index >= 15 is 0 Å². The normalized spacial score (nSPS) is 12.0. The molecule has 3 rings (SSSR count). The summed E-state index contributed by atoms with van der Waals surface area (Å²) in [4.78, 5) is 25.3. The van der Waals surface area contributed by atoms with Gasteiger partial charge < -0.3 is 10.6 Å². The molecule has 3 aromatic rings. The largest absolute Gasteiger partial charge is 0.340 e. The van der Waals surface area contributed by atoms with Gasteiger partial charge in [-0.3, -0.25) is 9.59 Å². The van der Waals surface area contributed by atoms with E-state index in [2.05, 4.69) is 10.6 Å². The molecule has 0 aliphatic carbocycles. The molecule has 27 heavy (non-hydrogen) atoms. The summed E-state index contributed by atoms with van der Waals surface area (Å²) in [5, 5.41) is 7.96. The number of amides is 2. The van der Waals surface area contributed by atoms with Crippen LogP contribution in [0, 0.1) is 12.8 Å². The van der Waals surface area contributed by atoms with E-state index in [1.165, 1.54) is 0 Å². The number of nitrogens with one attached hydrogen (secondary N) is 2. The summed E-state index contributed by atoms with van der Waals surface area (Å²) in [5.41, 5.74) is 2.35. The second kappa shape index (κ2) is 8.04. The number of fused-ring (bicyclic) bond motifs is 1. The molecule has 0 aromatic heterocycles. The molecule has 0 saturated carbocycles. The van der Waals surface area contributed by atoms with E-state index in [0.29, 0.717) is 11.3 Å². The lowest BCUT2D eigenvalue weighted by Crippen LogP contribution is -2.47. The summed E-state index contributed by atoms with van der Waals surface area (Å²) in [6.07, 6.45) is 0. The minimum Gasteiger partial charge on any atom is -0.340 e. The first-order valence-electron chi connectivity index (χ1n) is 9.11. The Morgan fingerprint density at radius 2 is 1.52 bits per heavy atom. The van der Waals surface area contributed by atoms with Crippen LogP contribution in [0.3, 0.4) is 0 Å². The number of hydrogen-bond donors (Lipinski definition) is 2. The maximum Gasteiger partial charge on any atom is 0.251 e. The maximum absolute atomic E-state index is 12.8. The second-order valence-electron chi connectivity index (χ2n) is 7.11. The molecule has 0 unspecified atom stereocenters. The SMILES string of the molecule is Cc1ccc(C(=O)N[C@H](C(=O)Nc2ccc3ccccc3c2)C(C)C)cc1. The van der Waals surface area contributed by atoms with Crippen molar-refractivity contribution in [3.63, 3.8) is 0 Å². The summed E-state index contributed by atoms with van der Waals surface area (Å²) in [5.74, 6) is -0.511. The van der Waals surface area contributed by atoms with Crippen LogP contribution in [0.2, 0.25) is 0 Å². The van der Waals surface area contributed by atoms with Gasteiger partial charge in [0.2, 0.25) is 5.91 Å². The average molecular weight is 360 g/mol. The lowest BCUT2D eigenvalue weighted by atomic mass is 10.0. The van der Waals surface area contributed by atoms with Crippen LogP contribution in [-0.4, -0.2) is 17.9 Å². The van der Waals surface area contributed by atoms with Crippen LogP contribution < -0.4 is 10.6 Å². The van der Waals surface area contributed by atoms with Crippen LogP contribution in [0.1, 0.15) is 29.8 Å². The number of hydrogen-bond acceptors (Lipinski definition) is 2. The highest BCUT2D eigenvalue weighted by molar-refractivity contribution is 6.02. The van der Waals surface area contributed by atoms with E-state index in [1.54, 1.807) is 12.1 Å². The van der Waals surface area contributed by atoms with Crippen LogP contribution in [0.5, 0.6) is 0 Å². The van der Waals surface area contributed by atoms with Crippen LogP contribution >= 0.6 is 0 Å². The number of anilines is 1. The van der Waals surface area contributed by atoms with Crippen molar-refractivity contribution in [3.05, 3.63) is 77.9 Å². The van der Waals surface area contributed by atoms with Gasteiger partial charge in [0.25, 0.3) is 5.91 Å². The Hall–Kier alpha value is -3.14. The molecular formula is C23H24N2O2. The Labute approximate surface area is 159 Å². The van der Waals surface area contributed by atoms with Crippen LogP contribution in [0.25, 0.3) is 10.8 Å². The first kappa shape index (κ1) is 18.6. The molecule has 2 N–H and O–H groups in total. The van der Waals surface area contributed by atoms with Gasteiger partial charge >= 0.3 is 0 Å².